The molecule has 0 atom stereocenters. The first-order chi connectivity index (χ1) is 13.5. The van der Waals surface area contributed by atoms with Gasteiger partial charge in [0, 0.05) is 6.92 Å². The molecule has 248 valence electrons. The van der Waals surface area contributed by atoms with Crippen molar-refractivity contribution in [2.24, 2.45) is 57.3 Å². The zero-order chi connectivity index (χ0) is 27.7. The molecule has 30 nitrogen and oxygen atoms in total. The van der Waals surface area contributed by atoms with Crippen LogP contribution in [0, 0.1) is 0 Å². The van der Waals surface area contributed by atoms with Crippen LogP contribution >= 0.6 is 0 Å². The average Bonchev–Trinajstić information content (AvgIpc) is 2.32. The Hall–Kier alpha value is -5.85. The Morgan fingerprint density at radius 3 is 0.436 bits per heavy atom. The van der Waals surface area contributed by atoms with Crippen molar-refractivity contribution in [1.29, 1.82) is 0 Å². The third-order valence-corrected chi connectivity index (χ3v) is 0. The number of amides is 10. The van der Waals surface area contributed by atoms with E-state index in [4.69, 9.17) is 53.7 Å². The molecule has 45 N–H and O–H groups in total. The summed E-state index contributed by atoms with van der Waals surface area (Å²) in [6.07, 6.45) is -3.75. The summed E-state index contributed by atoms with van der Waals surface area (Å²) in [5.41, 5.74) is 42.1. The predicted octanol–water partition coefficient (Wildman–Crippen LogP) is -5.83. The van der Waals surface area contributed by atoms with Crippen LogP contribution in [0.25, 0.3) is 0 Å². The van der Waals surface area contributed by atoms with Crippen molar-refractivity contribution in [1.82, 2.24) is 36.9 Å². The molecule has 0 aromatic carbocycles. The molecule has 0 bridgehead atoms. The number of hydrogen-bond donors (Lipinski definition) is 19. The second-order valence-corrected chi connectivity index (χ2v) is 2.92. The fourth-order valence-corrected chi connectivity index (χ4v) is 0. The maximum absolute atomic E-state index is 9.22. The Labute approximate surface area is 220 Å². The Balaban J connectivity index is -0.0000000108. The molecule has 0 aromatic rings. The van der Waals surface area contributed by atoms with Gasteiger partial charge in [0.15, 0.2) is 0 Å². The minimum absolute atomic E-state index is 0. The normalized spacial score (nSPS) is 4.54. The maximum atomic E-state index is 9.22. The van der Waals surface area contributed by atoms with Gasteiger partial charge in [0.2, 0.25) is 5.91 Å². The van der Waals surface area contributed by atoms with E-state index < -0.39 is 36.4 Å². The number of carbonyl (C=O) groups excluding carboxylic acids is 6. The molecule has 0 rings (SSSR count). The Morgan fingerprint density at radius 2 is 0.436 bits per heavy atom. The van der Waals surface area contributed by atoms with Crippen LogP contribution in [-0.2, 0) is 14.4 Å². The van der Waals surface area contributed by atoms with Gasteiger partial charge in [0.25, 0.3) is 0 Å². The third-order valence-electron chi connectivity index (χ3n) is 0. The number of primary amides is 10. The lowest BCUT2D eigenvalue weighted by Crippen LogP contribution is -2.18. The number of rotatable bonds is 0. The van der Waals surface area contributed by atoms with Gasteiger partial charge in [-0.1, -0.05) is 0 Å². The van der Waals surface area contributed by atoms with Gasteiger partial charge in [0.05, 0.1) is 0 Å². The van der Waals surface area contributed by atoms with Crippen molar-refractivity contribution in [2.45, 2.75) is 6.92 Å². The number of nitrogens with two attached hydrogens (primary N) is 10. The summed E-state index contributed by atoms with van der Waals surface area (Å²) in [6, 6.07) is -2.50. The molecule has 0 aliphatic rings. The van der Waals surface area contributed by atoms with Gasteiger partial charge in [-0.3, -0.25) is 4.79 Å². The van der Waals surface area contributed by atoms with E-state index in [1.54, 1.807) is 0 Å². The summed E-state index contributed by atoms with van der Waals surface area (Å²) >= 11 is 0. The van der Waals surface area contributed by atoms with Gasteiger partial charge in [-0.2, -0.15) is 9.59 Å². The second kappa shape index (κ2) is 120. The molecule has 0 saturated heterocycles. The van der Waals surface area contributed by atoms with Crippen LogP contribution in [0.1, 0.15) is 6.92 Å². The highest BCUT2D eigenvalue weighted by molar-refractivity contribution is 5.70. The van der Waals surface area contributed by atoms with E-state index in [1.165, 1.54) is 6.92 Å². The van der Waals surface area contributed by atoms with Crippen LogP contribution in [-0.4, -0.2) is 74.7 Å². The molecule has 10 amide bonds. The summed E-state index contributed by atoms with van der Waals surface area (Å²) in [7, 11) is 0. The highest BCUT2D eigenvalue weighted by Gasteiger charge is 1.66. The molecule has 30 heteroatoms. The van der Waals surface area contributed by atoms with Crippen molar-refractivity contribution in [3.8, 4) is 0 Å². The molecule has 0 aliphatic heterocycles. The molecule has 0 aliphatic carbocycles. The van der Waals surface area contributed by atoms with Crippen molar-refractivity contribution in [3.05, 3.63) is 0 Å². The summed E-state index contributed by atoms with van der Waals surface area (Å²) in [5, 5.41) is 21.6. The fourth-order valence-electron chi connectivity index (χ4n) is 0. The smallest absolute Gasteiger partial charge is 0.402 e. The zero-order valence-electron chi connectivity index (χ0n) is 21.0. The zero-order valence-corrected chi connectivity index (χ0v) is 21.0. The minimum atomic E-state index is -1.33. The van der Waals surface area contributed by atoms with Crippen molar-refractivity contribution in [3.63, 3.8) is 0 Å². The van der Waals surface area contributed by atoms with E-state index in [1.807, 2.05) is 0 Å². The second-order valence-electron chi connectivity index (χ2n) is 2.92. The van der Waals surface area contributed by atoms with Crippen LogP contribution in [0.2, 0.25) is 0 Å². The highest BCUT2D eigenvalue weighted by atomic mass is 16.4. The number of carboxylic acid groups (broad SMARTS) is 3. The van der Waals surface area contributed by atoms with Gasteiger partial charge in [-0.25, -0.2) is 28.8 Å². The summed E-state index contributed by atoms with van der Waals surface area (Å²) in [6.45, 7) is 1.31. The molecule has 0 radical (unpaired) electrons. The van der Waals surface area contributed by atoms with E-state index in [0.717, 1.165) is 0 Å². The summed E-state index contributed by atoms with van der Waals surface area (Å²) in [5.74, 6) is -0.333. The monoisotopic (exact) mass is 604 g/mol. The first-order valence-corrected chi connectivity index (χ1v) is 5.89. The van der Waals surface area contributed by atoms with Crippen molar-refractivity contribution < 1.29 is 69.4 Å². The van der Waals surface area contributed by atoms with E-state index >= 15 is 0 Å². The fraction of sp³-hybridized carbons (Fsp3) is 0.111. The predicted molar refractivity (Wildman–Crippen MR) is 135 cm³/mol. The van der Waals surface area contributed by atoms with Gasteiger partial charge < -0.3 is 121 Å². The van der Waals surface area contributed by atoms with Crippen LogP contribution in [0.3, 0.4) is 0 Å². The lowest BCUT2D eigenvalue weighted by atomic mass is 10.8. The molecule has 0 heterocycles. The number of carbonyl (C=O) groups is 7. The Morgan fingerprint density at radius 1 is 0.436 bits per heavy atom. The molecular weight excluding hydrogens is 556 g/mol. The van der Waals surface area contributed by atoms with Crippen molar-refractivity contribution in [2.75, 3.05) is 0 Å². The largest absolute Gasteiger partial charge is 0.465 e. The van der Waals surface area contributed by atoms with E-state index in [9.17, 15) is 4.79 Å². The maximum Gasteiger partial charge on any atom is 0.402 e. The lowest BCUT2D eigenvalue weighted by Gasteiger charge is -1.62. The quantitative estimate of drug-likeness (QED) is 0.122. The van der Waals surface area contributed by atoms with E-state index in [2.05, 4.69) is 57.3 Å². The molecule has 0 aromatic heterocycles. The lowest BCUT2D eigenvalue weighted by molar-refractivity contribution is -0.191. The van der Waals surface area contributed by atoms with E-state index in [0.29, 0.717) is 0 Å². The van der Waals surface area contributed by atoms with Crippen molar-refractivity contribution >= 4 is 48.4 Å². The number of urea groups is 3. The molecular formula is C9H48N16O14. The number of hydrogen-bond acceptors (Lipinski definition) is 15. The van der Waals surface area contributed by atoms with Crippen LogP contribution in [0.15, 0.2) is 0 Å². The standard InChI is InChI=1S/C2H5NO.3CH4N2O.3CH3NO2.CO2.6H3N.2H2O/c1-2(3)4;6*2-1(3)4;2-1-3;;;;;;;;/h1H3,(H2,3,4);3*(H4,2,3,4);3*2H2,(H,3,4);;6*1H3;2*1H2. The molecule has 0 fully saturated rings. The molecule has 0 saturated carbocycles. The van der Waals surface area contributed by atoms with Gasteiger partial charge >= 0.3 is 42.5 Å². The minimum Gasteiger partial charge on any atom is -0.465 e. The topological polar surface area (TPSA) is 748 Å². The molecule has 0 spiro atoms. The van der Waals surface area contributed by atoms with Gasteiger partial charge in [-0.15, -0.1) is 0 Å². The van der Waals surface area contributed by atoms with Crippen LogP contribution in [0.5, 0.6) is 0 Å². The Kier molecular flexibility index (Phi) is 357. The van der Waals surface area contributed by atoms with Crippen LogP contribution < -0.4 is 94.2 Å². The van der Waals surface area contributed by atoms with Crippen LogP contribution in [0.4, 0.5) is 28.8 Å². The average molecular weight is 605 g/mol. The summed E-state index contributed by atoms with van der Waals surface area (Å²) < 4.78 is 0. The first-order valence-electron chi connectivity index (χ1n) is 5.89. The molecule has 0 unspecified atom stereocenters. The first kappa shape index (κ1) is 116. The SMILES string of the molecule is CC(N)=O.N.N.N.N.N.N.NC(=O)O.NC(=O)O.NC(=O)O.NC(N)=O.NC(N)=O.NC(N)=O.O.O.O=C=O. The summed E-state index contributed by atoms with van der Waals surface area (Å²) in [4.78, 5) is 78.8. The van der Waals surface area contributed by atoms with E-state index in [-0.39, 0.29) is 59.9 Å². The molecule has 39 heavy (non-hydrogen) atoms. The van der Waals surface area contributed by atoms with Gasteiger partial charge in [0.1, 0.15) is 0 Å². The third kappa shape index (κ3) is 854. The Bertz CT molecular complexity index is 413. The highest BCUT2D eigenvalue weighted by Crippen LogP contribution is 1.35. The van der Waals surface area contributed by atoms with Gasteiger partial charge in [-0.05, 0) is 0 Å².